The van der Waals surface area contributed by atoms with Crippen LogP contribution in [-0.2, 0) is 6.42 Å². The summed E-state index contributed by atoms with van der Waals surface area (Å²) in [4.78, 5) is 4.56. The van der Waals surface area contributed by atoms with Gasteiger partial charge in [-0.3, -0.25) is 0 Å². The SMILES string of the molecule is Fc1cc(F)cc(Cc2nc(C3CCCN3)cs2)c1. The summed E-state index contributed by atoms with van der Waals surface area (Å²) >= 11 is 1.55. The van der Waals surface area contributed by atoms with Crippen LogP contribution in [0.2, 0.25) is 0 Å². The zero-order chi connectivity index (χ0) is 13.2. The normalized spacial score (nSPS) is 18.9. The Balaban J connectivity index is 1.76. The van der Waals surface area contributed by atoms with Crippen LogP contribution < -0.4 is 5.32 Å². The van der Waals surface area contributed by atoms with E-state index in [0.717, 1.165) is 29.7 Å². The first-order valence-electron chi connectivity index (χ1n) is 6.33. The van der Waals surface area contributed by atoms with E-state index >= 15 is 0 Å². The molecular weight excluding hydrogens is 266 g/mol. The fourth-order valence-electron chi connectivity index (χ4n) is 2.39. The van der Waals surface area contributed by atoms with Crippen molar-refractivity contribution in [1.82, 2.24) is 10.3 Å². The molecule has 0 aliphatic carbocycles. The highest BCUT2D eigenvalue weighted by atomic mass is 32.1. The van der Waals surface area contributed by atoms with Gasteiger partial charge < -0.3 is 5.32 Å². The second-order valence-corrected chi connectivity index (χ2v) is 5.71. The first-order valence-corrected chi connectivity index (χ1v) is 7.21. The molecule has 1 unspecified atom stereocenters. The fraction of sp³-hybridized carbons (Fsp3) is 0.357. The molecule has 1 aromatic carbocycles. The molecule has 1 N–H and O–H groups in total. The average Bonchev–Trinajstić information content (AvgIpc) is 2.96. The molecule has 2 heterocycles. The number of halogens is 2. The van der Waals surface area contributed by atoms with Crippen LogP contribution in [-0.4, -0.2) is 11.5 Å². The zero-order valence-corrected chi connectivity index (χ0v) is 11.1. The van der Waals surface area contributed by atoms with Crippen LogP contribution in [0.3, 0.4) is 0 Å². The molecule has 3 rings (SSSR count). The monoisotopic (exact) mass is 280 g/mol. The van der Waals surface area contributed by atoms with Gasteiger partial charge in [-0.15, -0.1) is 11.3 Å². The molecule has 0 bridgehead atoms. The second-order valence-electron chi connectivity index (χ2n) is 4.77. The highest BCUT2D eigenvalue weighted by molar-refractivity contribution is 7.09. The van der Waals surface area contributed by atoms with Crippen LogP contribution in [0, 0.1) is 11.6 Å². The number of rotatable bonds is 3. The molecule has 5 heteroatoms. The first kappa shape index (κ1) is 12.7. The third kappa shape index (κ3) is 2.98. The van der Waals surface area contributed by atoms with Crippen LogP contribution >= 0.6 is 11.3 Å². The zero-order valence-electron chi connectivity index (χ0n) is 10.3. The molecule has 0 radical (unpaired) electrons. The van der Waals surface area contributed by atoms with Crippen molar-refractivity contribution < 1.29 is 8.78 Å². The second kappa shape index (κ2) is 5.35. The Labute approximate surface area is 114 Å². The Morgan fingerprint density at radius 2 is 2.05 bits per heavy atom. The summed E-state index contributed by atoms with van der Waals surface area (Å²) in [6.45, 7) is 1.03. The molecule has 1 aliphatic heterocycles. The lowest BCUT2D eigenvalue weighted by Crippen LogP contribution is -2.13. The summed E-state index contributed by atoms with van der Waals surface area (Å²) in [5.41, 5.74) is 1.67. The van der Waals surface area contributed by atoms with E-state index in [0.29, 0.717) is 18.0 Å². The van der Waals surface area contributed by atoms with E-state index in [9.17, 15) is 8.78 Å². The Kier molecular flexibility index (Phi) is 3.57. The van der Waals surface area contributed by atoms with Crippen LogP contribution in [0.1, 0.15) is 35.1 Å². The van der Waals surface area contributed by atoms with Gasteiger partial charge in [0.1, 0.15) is 11.6 Å². The summed E-state index contributed by atoms with van der Waals surface area (Å²) in [5.74, 6) is -1.08. The van der Waals surface area contributed by atoms with Gasteiger partial charge in [0.15, 0.2) is 0 Å². The van der Waals surface area contributed by atoms with Gasteiger partial charge in [0.25, 0.3) is 0 Å². The molecule has 0 spiro atoms. The molecule has 100 valence electrons. The quantitative estimate of drug-likeness (QED) is 0.931. The van der Waals surface area contributed by atoms with E-state index in [1.54, 1.807) is 11.3 Å². The van der Waals surface area contributed by atoms with Gasteiger partial charge in [0.05, 0.1) is 16.7 Å². The Hall–Kier alpha value is -1.33. The molecule has 2 nitrogen and oxygen atoms in total. The van der Waals surface area contributed by atoms with Crippen LogP contribution in [0.15, 0.2) is 23.6 Å². The summed E-state index contributed by atoms with van der Waals surface area (Å²) in [6, 6.07) is 3.95. The number of hydrogen-bond donors (Lipinski definition) is 1. The number of thiazole rings is 1. The van der Waals surface area contributed by atoms with Crippen molar-refractivity contribution in [2.45, 2.75) is 25.3 Å². The minimum atomic E-state index is -0.538. The topological polar surface area (TPSA) is 24.9 Å². The predicted molar refractivity (Wildman–Crippen MR) is 71.3 cm³/mol. The highest BCUT2D eigenvalue weighted by Crippen LogP contribution is 2.25. The lowest BCUT2D eigenvalue weighted by molar-refractivity contribution is 0.580. The van der Waals surface area contributed by atoms with E-state index in [1.807, 2.05) is 5.38 Å². The predicted octanol–water partition coefficient (Wildman–Crippen LogP) is 3.44. The van der Waals surface area contributed by atoms with Gasteiger partial charge in [-0.25, -0.2) is 13.8 Å². The molecule has 1 aliphatic rings. The van der Waals surface area contributed by atoms with Crippen molar-refractivity contribution >= 4 is 11.3 Å². The molecule has 19 heavy (non-hydrogen) atoms. The van der Waals surface area contributed by atoms with Crippen LogP contribution in [0.25, 0.3) is 0 Å². The minimum Gasteiger partial charge on any atom is -0.309 e. The van der Waals surface area contributed by atoms with E-state index in [1.165, 1.54) is 18.6 Å². The van der Waals surface area contributed by atoms with Crippen molar-refractivity contribution in [2.75, 3.05) is 6.54 Å². The van der Waals surface area contributed by atoms with Gasteiger partial charge in [-0.1, -0.05) is 0 Å². The Morgan fingerprint density at radius 1 is 1.26 bits per heavy atom. The molecule has 0 saturated carbocycles. The maximum Gasteiger partial charge on any atom is 0.126 e. The first-order chi connectivity index (χ1) is 9.20. The molecular formula is C14H14F2N2S. The molecule has 1 aromatic heterocycles. The number of benzene rings is 1. The van der Waals surface area contributed by atoms with Crippen molar-refractivity contribution in [3.8, 4) is 0 Å². The summed E-state index contributed by atoms with van der Waals surface area (Å²) < 4.78 is 26.2. The van der Waals surface area contributed by atoms with E-state index in [-0.39, 0.29) is 0 Å². The van der Waals surface area contributed by atoms with Crippen molar-refractivity contribution in [2.24, 2.45) is 0 Å². The molecule has 1 atom stereocenters. The Morgan fingerprint density at radius 3 is 2.74 bits per heavy atom. The molecule has 2 aromatic rings. The number of nitrogens with one attached hydrogen (secondary N) is 1. The molecule has 0 amide bonds. The van der Waals surface area contributed by atoms with E-state index < -0.39 is 11.6 Å². The summed E-state index contributed by atoms with van der Waals surface area (Å²) in [5, 5.41) is 6.33. The minimum absolute atomic E-state index is 0.342. The van der Waals surface area contributed by atoms with E-state index in [4.69, 9.17) is 0 Å². The third-order valence-electron chi connectivity index (χ3n) is 3.26. The lowest BCUT2D eigenvalue weighted by Gasteiger charge is -2.05. The van der Waals surface area contributed by atoms with Gasteiger partial charge in [-0.2, -0.15) is 0 Å². The Bertz CT molecular complexity index is 556. The van der Waals surface area contributed by atoms with Crippen LogP contribution in [0.5, 0.6) is 0 Å². The molecule has 1 saturated heterocycles. The third-order valence-corrected chi connectivity index (χ3v) is 4.13. The smallest absolute Gasteiger partial charge is 0.126 e. The fourth-order valence-corrected chi connectivity index (χ4v) is 3.27. The van der Waals surface area contributed by atoms with Crippen molar-refractivity contribution in [3.05, 3.63) is 51.5 Å². The maximum atomic E-state index is 13.1. The van der Waals surface area contributed by atoms with Crippen molar-refractivity contribution in [3.63, 3.8) is 0 Å². The summed E-state index contributed by atoms with van der Waals surface area (Å²) in [6.07, 6.45) is 2.76. The number of hydrogen-bond acceptors (Lipinski definition) is 3. The number of nitrogens with zero attached hydrogens (tertiary/aromatic N) is 1. The van der Waals surface area contributed by atoms with Gasteiger partial charge in [0.2, 0.25) is 0 Å². The maximum absolute atomic E-state index is 13.1. The average molecular weight is 280 g/mol. The van der Waals surface area contributed by atoms with Crippen LogP contribution in [0.4, 0.5) is 8.78 Å². The van der Waals surface area contributed by atoms with Gasteiger partial charge in [-0.05, 0) is 37.1 Å². The van der Waals surface area contributed by atoms with Gasteiger partial charge >= 0.3 is 0 Å². The molecule has 1 fully saturated rings. The van der Waals surface area contributed by atoms with E-state index in [2.05, 4.69) is 10.3 Å². The van der Waals surface area contributed by atoms with Gasteiger partial charge in [0, 0.05) is 17.9 Å². The largest absolute Gasteiger partial charge is 0.309 e. The summed E-state index contributed by atoms with van der Waals surface area (Å²) in [7, 11) is 0. The van der Waals surface area contributed by atoms with Crippen molar-refractivity contribution in [1.29, 1.82) is 0 Å². The lowest BCUT2D eigenvalue weighted by atomic mass is 10.1. The highest BCUT2D eigenvalue weighted by Gasteiger charge is 2.18. The number of aromatic nitrogens is 1. The standard InChI is InChI=1S/C14H14F2N2S/c15-10-4-9(5-11(16)7-10)6-14-18-13(8-19-14)12-2-1-3-17-12/h4-5,7-8,12,17H,1-3,6H2.